The highest BCUT2D eigenvalue weighted by molar-refractivity contribution is 7.16. The van der Waals surface area contributed by atoms with E-state index in [1.54, 1.807) is 26.2 Å². The summed E-state index contributed by atoms with van der Waals surface area (Å²) in [5, 5.41) is 0. The van der Waals surface area contributed by atoms with Gasteiger partial charge in [0.2, 0.25) is 5.91 Å². The van der Waals surface area contributed by atoms with Crippen LogP contribution < -0.4 is 4.80 Å². The maximum Gasteiger partial charge on any atom is 0.337 e. The number of hydrogen-bond acceptors (Lipinski definition) is 5. The summed E-state index contributed by atoms with van der Waals surface area (Å²) in [5.41, 5.74) is 1.39. The summed E-state index contributed by atoms with van der Waals surface area (Å²) in [4.78, 5) is 28.0. The molecule has 2 rings (SSSR count). The molecule has 0 aliphatic heterocycles. The molecule has 0 aliphatic carbocycles. The van der Waals surface area contributed by atoms with Crippen molar-refractivity contribution in [1.29, 1.82) is 0 Å². The molecule has 1 amide bonds. The van der Waals surface area contributed by atoms with Crippen molar-refractivity contribution in [1.82, 2.24) is 4.57 Å². The number of carbonyl (C=O) groups is 2. The molecule has 0 saturated heterocycles. The second kappa shape index (κ2) is 7.33. The van der Waals surface area contributed by atoms with Gasteiger partial charge < -0.3 is 14.0 Å². The van der Waals surface area contributed by atoms with Gasteiger partial charge in [0.05, 0.1) is 29.5 Å². The molecule has 1 aromatic heterocycles. The van der Waals surface area contributed by atoms with E-state index in [2.05, 4.69) is 4.99 Å². The Hall–Kier alpha value is -1.99. The van der Waals surface area contributed by atoms with Crippen LogP contribution >= 0.6 is 11.3 Å². The van der Waals surface area contributed by atoms with Gasteiger partial charge in [-0.3, -0.25) is 4.79 Å². The van der Waals surface area contributed by atoms with Crippen molar-refractivity contribution in [3.8, 4) is 0 Å². The fourth-order valence-electron chi connectivity index (χ4n) is 1.99. The predicted octanol–water partition coefficient (Wildman–Crippen LogP) is 1.97. The van der Waals surface area contributed by atoms with Crippen LogP contribution in [0.3, 0.4) is 0 Å². The number of thiazole rings is 1. The maximum absolute atomic E-state index is 11.6. The molecule has 0 N–H and O–H groups in total. The number of fused-ring (bicyclic) bond motifs is 1. The molecule has 0 unspecified atom stereocenters. The van der Waals surface area contributed by atoms with Crippen molar-refractivity contribution in [3.05, 3.63) is 28.6 Å². The molecule has 6 nitrogen and oxygen atoms in total. The molecular formula is C15H18N2O4S. The Morgan fingerprint density at radius 3 is 2.73 bits per heavy atom. The summed E-state index contributed by atoms with van der Waals surface area (Å²) in [5.74, 6) is -0.562. The van der Waals surface area contributed by atoms with Crippen LogP contribution in [0.5, 0.6) is 0 Å². The second-order valence-corrected chi connectivity index (χ2v) is 5.57. The highest BCUT2D eigenvalue weighted by Crippen LogP contribution is 2.20. The van der Waals surface area contributed by atoms with E-state index < -0.39 is 0 Å². The molecule has 0 radical (unpaired) electrons. The molecule has 0 bridgehead atoms. The molecule has 0 aliphatic rings. The van der Waals surface area contributed by atoms with Crippen LogP contribution in [-0.4, -0.2) is 37.3 Å². The van der Waals surface area contributed by atoms with Crippen LogP contribution in [0.2, 0.25) is 0 Å². The van der Waals surface area contributed by atoms with E-state index in [1.807, 2.05) is 10.6 Å². The number of carbonyl (C=O) groups excluding carboxylic acids is 2. The summed E-state index contributed by atoms with van der Waals surface area (Å²) < 4.78 is 12.6. The quantitative estimate of drug-likeness (QED) is 0.789. The zero-order chi connectivity index (χ0) is 16.1. The van der Waals surface area contributed by atoms with Crippen LogP contribution in [0, 0.1) is 0 Å². The lowest BCUT2D eigenvalue weighted by Crippen LogP contribution is -2.19. The number of benzene rings is 1. The van der Waals surface area contributed by atoms with Crippen LogP contribution in [0.4, 0.5) is 0 Å². The number of hydrogen-bond donors (Lipinski definition) is 0. The van der Waals surface area contributed by atoms with Crippen LogP contribution in [0.15, 0.2) is 23.2 Å². The number of amides is 1. The summed E-state index contributed by atoms with van der Waals surface area (Å²) in [7, 11) is 2.97. The topological polar surface area (TPSA) is 69.9 Å². The van der Waals surface area contributed by atoms with Gasteiger partial charge in [0.15, 0.2) is 4.80 Å². The zero-order valence-electron chi connectivity index (χ0n) is 12.8. The standard InChI is InChI=1S/C15H18N2O4S/c1-4-13(18)16-15-17(7-8-20-2)11-6-5-10(14(19)21-3)9-12(11)22-15/h5-6,9H,4,7-8H2,1-3H3. The highest BCUT2D eigenvalue weighted by Gasteiger charge is 2.11. The number of rotatable bonds is 5. The lowest BCUT2D eigenvalue weighted by molar-refractivity contribution is -0.117. The molecule has 1 heterocycles. The largest absolute Gasteiger partial charge is 0.465 e. The van der Waals surface area contributed by atoms with Crippen LogP contribution in [0.1, 0.15) is 23.7 Å². The van der Waals surface area contributed by atoms with Gasteiger partial charge in [-0.25, -0.2) is 4.79 Å². The van der Waals surface area contributed by atoms with E-state index in [9.17, 15) is 9.59 Å². The average Bonchev–Trinajstić information content (AvgIpc) is 2.88. The van der Waals surface area contributed by atoms with Crippen LogP contribution in [0.25, 0.3) is 10.2 Å². The Balaban J connectivity index is 2.59. The number of methoxy groups -OCH3 is 2. The highest BCUT2D eigenvalue weighted by atomic mass is 32.1. The number of ether oxygens (including phenoxy) is 2. The lowest BCUT2D eigenvalue weighted by atomic mass is 10.2. The molecule has 0 atom stereocenters. The van der Waals surface area contributed by atoms with Gasteiger partial charge in [0.1, 0.15) is 0 Å². The van der Waals surface area contributed by atoms with Gasteiger partial charge in [-0.1, -0.05) is 18.3 Å². The first-order valence-corrected chi connectivity index (χ1v) is 7.70. The number of esters is 1. The fourth-order valence-corrected chi connectivity index (χ4v) is 3.10. The normalized spacial score (nSPS) is 11.9. The van der Waals surface area contributed by atoms with E-state index in [-0.39, 0.29) is 11.9 Å². The second-order valence-electron chi connectivity index (χ2n) is 4.56. The van der Waals surface area contributed by atoms with Gasteiger partial charge in [-0.15, -0.1) is 0 Å². The Morgan fingerprint density at radius 1 is 1.32 bits per heavy atom. The third-order valence-electron chi connectivity index (χ3n) is 3.15. The minimum atomic E-state index is -0.387. The van der Waals surface area contributed by atoms with Crippen LogP contribution in [-0.2, 0) is 20.8 Å². The maximum atomic E-state index is 11.6. The van der Waals surface area contributed by atoms with Crippen molar-refractivity contribution in [3.63, 3.8) is 0 Å². The summed E-state index contributed by atoms with van der Waals surface area (Å²) >= 11 is 1.37. The summed E-state index contributed by atoms with van der Waals surface area (Å²) in [6, 6.07) is 5.30. The van der Waals surface area contributed by atoms with E-state index in [0.29, 0.717) is 29.9 Å². The summed E-state index contributed by atoms with van der Waals surface area (Å²) in [6.07, 6.45) is 0.353. The van der Waals surface area contributed by atoms with Gasteiger partial charge in [-0.05, 0) is 18.2 Å². The molecule has 0 saturated carbocycles. The molecule has 22 heavy (non-hydrogen) atoms. The van der Waals surface area contributed by atoms with E-state index in [4.69, 9.17) is 9.47 Å². The lowest BCUT2D eigenvalue weighted by Gasteiger charge is -2.04. The van der Waals surface area contributed by atoms with Gasteiger partial charge in [0, 0.05) is 20.1 Å². The average molecular weight is 322 g/mol. The van der Waals surface area contributed by atoms with Gasteiger partial charge >= 0.3 is 5.97 Å². The van der Waals surface area contributed by atoms with E-state index >= 15 is 0 Å². The van der Waals surface area contributed by atoms with Crippen molar-refractivity contribution >= 4 is 33.4 Å². The minimum Gasteiger partial charge on any atom is -0.465 e. The third-order valence-corrected chi connectivity index (χ3v) is 4.19. The van der Waals surface area contributed by atoms with E-state index in [0.717, 1.165) is 10.2 Å². The van der Waals surface area contributed by atoms with Crippen molar-refractivity contribution in [2.24, 2.45) is 4.99 Å². The first-order valence-electron chi connectivity index (χ1n) is 6.89. The SMILES string of the molecule is CCC(=O)N=c1sc2cc(C(=O)OC)ccc2n1CCOC. The fraction of sp³-hybridized carbons (Fsp3) is 0.400. The molecule has 0 fully saturated rings. The first kappa shape index (κ1) is 16.4. The van der Waals surface area contributed by atoms with Gasteiger partial charge in [0.25, 0.3) is 0 Å². The minimum absolute atomic E-state index is 0.175. The summed E-state index contributed by atoms with van der Waals surface area (Å²) in [6.45, 7) is 2.87. The Morgan fingerprint density at radius 2 is 2.09 bits per heavy atom. The Labute approximate surface area is 132 Å². The third kappa shape index (κ3) is 3.42. The molecule has 2 aromatic rings. The van der Waals surface area contributed by atoms with E-state index in [1.165, 1.54) is 18.4 Å². The number of aromatic nitrogens is 1. The Bertz CT molecular complexity index is 760. The van der Waals surface area contributed by atoms with Crippen molar-refractivity contribution in [2.45, 2.75) is 19.9 Å². The van der Waals surface area contributed by atoms with Gasteiger partial charge in [-0.2, -0.15) is 4.99 Å². The smallest absolute Gasteiger partial charge is 0.337 e. The van der Waals surface area contributed by atoms with Crippen molar-refractivity contribution in [2.75, 3.05) is 20.8 Å². The molecule has 118 valence electrons. The van der Waals surface area contributed by atoms with Crippen molar-refractivity contribution < 1.29 is 19.1 Å². The predicted molar refractivity (Wildman–Crippen MR) is 83.9 cm³/mol. The first-order chi connectivity index (χ1) is 10.6. The zero-order valence-corrected chi connectivity index (χ0v) is 13.6. The molecular weight excluding hydrogens is 304 g/mol. The molecule has 1 aromatic carbocycles. The monoisotopic (exact) mass is 322 g/mol. The molecule has 0 spiro atoms. The number of nitrogens with zero attached hydrogens (tertiary/aromatic N) is 2. The molecule has 7 heteroatoms. The Kier molecular flexibility index (Phi) is 5.46.